The molecule has 1 aliphatic rings. The SMILES string of the molecule is CCOC(=O)C(C)(CCCCn1cc(Cl)cn1)NC1CC1. The Balaban J connectivity index is 1.79. The Morgan fingerprint density at radius 3 is 2.90 bits per heavy atom. The predicted octanol–water partition coefficient (Wildman–Crippen LogP) is 2.78. The summed E-state index contributed by atoms with van der Waals surface area (Å²) in [5, 5.41) is 8.24. The zero-order valence-electron chi connectivity index (χ0n) is 12.8. The minimum atomic E-state index is -0.570. The molecule has 0 saturated heterocycles. The smallest absolute Gasteiger partial charge is 0.326 e. The van der Waals surface area contributed by atoms with E-state index >= 15 is 0 Å². The standard InChI is InChI=1S/C15H24ClN3O2/c1-3-21-14(20)15(2,18-13-6-7-13)8-4-5-9-19-11-12(16)10-17-19/h10-11,13,18H,3-9H2,1-2H3. The Bertz CT molecular complexity index is 473. The zero-order chi connectivity index (χ0) is 15.3. The molecule has 21 heavy (non-hydrogen) atoms. The van der Waals surface area contributed by atoms with E-state index in [2.05, 4.69) is 10.4 Å². The number of nitrogens with one attached hydrogen (secondary N) is 1. The van der Waals surface area contributed by atoms with Crippen LogP contribution in [0.4, 0.5) is 0 Å². The summed E-state index contributed by atoms with van der Waals surface area (Å²) in [5.41, 5.74) is -0.570. The lowest BCUT2D eigenvalue weighted by molar-refractivity contribution is -0.151. The third-order valence-corrected chi connectivity index (χ3v) is 3.94. The first-order valence-electron chi connectivity index (χ1n) is 7.66. The van der Waals surface area contributed by atoms with Gasteiger partial charge in [-0.25, -0.2) is 0 Å². The minimum absolute atomic E-state index is 0.140. The summed E-state index contributed by atoms with van der Waals surface area (Å²) in [6.45, 7) is 5.03. The molecule has 0 amide bonds. The van der Waals surface area contributed by atoms with E-state index in [0.29, 0.717) is 17.7 Å². The minimum Gasteiger partial charge on any atom is -0.465 e. The maximum atomic E-state index is 12.2. The van der Waals surface area contributed by atoms with Crippen molar-refractivity contribution in [1.29, 1.82) is 0 Å². The molecule has 0 aliphatic heterocycles. The molecule has 118 valence electrons. The first-order valence-corrected chi connectivity index (χ1v) is 8.04. The number of rotatable bonds is 9. The van der Waals surface area contributed by atoms with Crippen molar-refractivity contribution in [1.82, 2.24) is 15.1 Å². The quantitative estimate of drug-likeness (QED) is 0.562. The van der Waals surface area contributed by atoms with E-state index in [1.807, 2.05) is 24.7 Å². The molecule has 1 atom stereocenters. The lowest BCUT2D eigenvalue weighted by atomic mass is 9.94. The van der Waals surface area contributed by atoms with Crippen molar-refractivity contribution in [3.63, 3.8) is 0 Å². The van der Waals surface area contributed by atoms with Crippen LogP contribution in [0.5, 0.6) is 0 Å². The van der Waals surface area contributed by atoms with Crippen LogP contribution in [0.15, 0.2) is 12.4 Å². The van der Waals surface area contributed by atoms with Gasteiger partial charge in [-0.05, 0) is 46.0 Å². The molecule has 1 saturated carbocycles. The van der Waals surface area contributed by atoms with E-state index < -0.39 is 5.54 Å². The van der Waals surface area contributed by atoms with E-state index in [0.717, 1.165) is 38.6 Å². The number of aryl methyl sites for hydroxylation is 1. The van der Waals surface area contributed by atoms with Crippen LogP contribution in [0.25, 0.3) is 0 Å². The molecule has 1 unspecified atom stereocenters. The number of halogens is 1. The highest BCUT2D eigenvalue weighted by atomic mass is 35.5. The molecule has 0 bridgehead atoms. The van der Waals surface area contributed by atoms with Crippen LogP contribution in [0, 0.1) is 0 Å². The monoisotopic (exact) mass is 313 g/mol. The summed E-state index contributed by atoms with van der Waals surface area (Å²) < 4.78 is 7.05. The van der Waals surface area contributed by atoms with Crippen molar-refractivity contribution in [3.05, 3.63) is 17.4 Å². The van der Waals surface area contributed by atoms with E-state index in [1.54, 1.807) is 6.20 Å². The van der Waals surface area contributed by atoms with Gasteiger partial charge in [-0.2, -0.15) is 5.10 Å². The average Bonchev–Trinajstić information content (AvgIpc) is 3.15. The van der Waals surface area contributed by atoms with Crippen LogP contribution >= 0.6 is 11.6 Å². The fourth-order valence-electron chi connectivity index (χ4n) is 2.41. The first kappa shape index (κ1) is 16.3. The number of aromatic nitrogens is 2. The van der Waals surface area contributed by atoms with Gasteiger partial charge in [0.25, 0.3) is 0 Å². The molecule has 1 fully saturated rings. The van der Waals surface area contributed by atoms with Gasteiger partial charge in [0.1, 0.15) is 5.54 Å². The number of hydrogen-bond acceptors (Lipinski definition) is 4. The van der Waals surface area contributed by atoms with Crippen LogP contribution in [0.3, 0.4) is 0 Å². The molecule has 5 nitrogen and oxygen atoms in total. The lowest BCUT2D eigenvalue weighted by Crippen LogP contribution is -2.51. The topological polar surface area (TPSA) is 56.2 Å². The summed E-state index contributed by atoms with van der Waals surface area (Å²) >= 11 is 5.83. The summed E-state index contributed by atoms with van der Waals surface area (Å²) in [5.74, 6) is -0.140. The largest absolute Gasteiger partial charge is 0.465 e. The van der Waals surface area contributed by atoms with Gasteiger partial charge < -0.3 is 4.74 Å². The molecule has 2 rings (SSSR count). The molecule has 0 radical (unpaired) electrons. The van der Waals surface area contributed by atoms with Gasteiger partial charge in [0.15, 0.2) is 0 Å². The number of esters is 1. The third kappa shape index (κ3) is 5.00. The number of unbranched alkanes of at least 4 members (excludes halogenated alkanes) is 1. The van der Waals surface area contributed by atoms with Crippen molar-refractivity contribution in [2.24, 2.45) is 0 Å². The molecule has 1 aromatic heterocycles. The van der Waals surface area contributed by atoms with Gasteiger partial charge in [0, 0.05) is 18.8 Å². The Hall–Kier alpha value is -1.07. The summed E-state index contributed by atoms with van der Waals surface area (Å²) in [7, 11) is 0. The van der Waals surface area contributed by atoms with Gasteiger partial charge in [-0.1, -0.05) is 11.6 Å². The van der Waals surface area contributed by atoms with Crippen molar-refractivity contribution in [2.75, 3.05) is 6.61 Å². The van der Waals surface area contributed by atoms with Crippen LogP contribution in [-0.4, -0.2) is 33.9 Å². The highest BCUT2D eigenvalue weighted by molar-refractivity contribution is 6.30. The molecule has 1 heterocycles. The molecule has 1 N–H and O–H groups in total. The van der Waals surface area contributed by atoms with Crippen LogP contribution in [-0.2, 0) is 16.1 Å². The first-order chi connectivity index (χ1) is 10.0. The van der Waals surface area contributed by atoms with Crippen molar-refractivity contribution >= 4 is 17.6 Å². The Morgan fingerprint density at radius 1 is 1.57 bits per heavy atom. The lowest BCUT2D eigenvalue weighted by Gasteiger charge is -2.28. The van der Waals surface area contributed by atoms with Crippen molar-refractivity contribution in [3.8, 4) is 0 Å². The Kier molecular flexibility index (Phi) is 5.65. The van der Waals surface area contributed by atoms with E-state index in [4.69, 9.17) is 16.3 Å². The van der Waals surface area contributed by atoms with Crippen LogP contribution in [0.2, 0.25) is 5.02 Å². The highest BCUT2D eigenvalue weighted by Crippen LogP contribution is 2.26. The van der Waals surface area contributed by atoms with E-state index in [9.17, 15) is 4.79 Å². The maximum absolute atomic E-state index is 12.2. The fraction of sp³-hybridized carbons (Fsp3) is 0.733. The number of carbonyl (C=O) groups excluding carboxylic acids is 1. The number of nitrogens with zero attached hydrogens (tertiary/aromatic N) is 2. The molecular formula is C15H24ClN3O2. The number of ether oxygens (including phenoxy) is 1. The van der Waals surface area contributed by atoms with E-state index in [1.165, 1.54) is 0 Å². The Labute approximate surface area is 131 Å². The molecule has 6 heteroatoms. The average molecular weight is 314 g/mol. The van der Waals surface area contributed by atoms with Gasteiger partial charge in [0.2, 0.25) is 0 Å². The van der Waals surface area contributed by atoms with Crippen LogP contribution < -0.4 is 5.32 Å². The summed E-state index contributed by atoms with van der Waals surface area (Å²) in [6.07, 6.45) is 8.43. The number of hydrogen-bond donors (Lipinski definition) is 1. The van der Waals surface area contributed by atoms with Gasteiger partial charge >= 0.3 is 5.97 Å². The molecular weight excluding hydrogens is 290 g/mol. The summed E-state index contributed by atoms with van der Waals surface area (Å²) in [6, 6.07) is 0.476. The normalized spacial score (nSPS) is 17.5. The molecule has 0 aromatic carbocycles. The molecule has 0 spiro atoms. The van der Waals surface area contributed by atoms with Crippen LogP contribution in [0.1, 0.15) is 46.0 Å². The van der Waals surface area contributed by atoms with Gasteiger partial charge in [-0.15, -0.1) is 0 Å². The second kappa shape index (κ2) is 7.27. The zero-order valence-corrected chi connectivity index (χ0v) is 13.5. The fourth-order valence-corrected chi connectivity index (χ4v) is 2.57. The van der Waals surface area contributed by atoms with Crippen molar-refractivity contribution < 1.29 is 9.53 Å². The maximum Gasteiger partial charge on any atom is 0.326 e. The number of carbonyl (C=O) groups is 1. The molecule has 1 aromatic rings. The second-order valence-corrected chi connectivity index (χ2v) is 6.29. The van der Waals surface area contributed by atoms with E-state index in [-0.39, 0.29) is 5.97 Å². The third-order valence-electron chi connectivity index (χ3n) is 3.74. The molecule has 1 aliphatic carbocycles. The second-order valence-electron chi connectivity index (χ2n) is 5.85. The van der Waals surface area contributed by atoms with Crippen molar-refractivity contribution in [2.45, 2.75) is 64.1 Å². The van der Waals surface area contributed by atoms with Gasteiger partial charge in [0.05, 0.1) is 17.8 Å². The summed E-state index contributed by atoms with van der Waals surface area (Å²) in [4.78, 5) is 12.2. The highest BCUT2D eigenvalue weighted by Gasteiger charge is 2.39. The predicted molar refractivity (Wildman–Crippen MR) is 82.3 cm³/mol. The Morgan fingerprint density at radius 2 is 2.33 bits per heavy atom. The van der Waals surface area contributed by atoms with Gasteiger partial charge in [-0.3, -0.25) is 14.8 Å².